The predicted molar refractivity (Wildman–Crippen MR) is 111 cm³/mol. The third-order valence-electron chi connectivity index (χ3n) is 6.22. The van der Waals surface area contributed by atoms with Gasteiger partial charge in [-0.1, -0.05) is 29.8 Å². The molecule has 5 nitrogen and oxygen atoms in total. The highest BCUT2D eigenvalue weighted by Gasteiger charge is 2.44. The number of piperidine rings is 1. The highest BCUT2D eigenvalue weighted by Crippen LogP contribution is 2.44. The van der Waals surface area contributed by atoms with Crippen molar-refractivity contribution in [1.82, 2.24) is 15.3 Å². The number of hydrogen-bond acceptors (Lipinski definition) is 4. The highest BCUT2D eigenvalue weighted by molar-refractivity contribution is 6.34. The Morgan fingerprint density at radius 2 is 1.86 bits per heavy atom. The maximum atomic E-state index is 12.3. The number of nitrogens with zero attached hydrogens (tertiary/aromatic N) is 3. The third-order valence-corrected chi connectivity index (χ3v) is 6.50. The minimum absolute atomic E-state index is 0.195. The number of pyridine rings is 2. The fourth-order valence-corrected chi connectivity index (χ4v) is 4.91. The van der Waals surface area contributed by atoms with E-state index in [1.165, 1.54) is 0 Å². The smallest absolute Gasteiger partial charge is 0.226 e. The van der Waals surface area contributed by atoms with E-state index in [9.17, 15) is 4.79 Å². The van der Waals surface area contributed by atoms with Crippen molar-refractivity contribution in [1.29, 1.82) is 0 Å². The van der Waals surface area contributed by atoms with Gasteiger partial charge in [-0.25, -0.2) is 0 Å². The second-order valence-electron chi connectivity index (χ2n) is 7.67. The maximum Gasteiger partial charge on any atom is 0.226 e. The first-order chi connectivity index (χ1) is 13.7. The van der Waals surface area contributed by atoms with Crippen LogP contribution >= 0.6 is 11.6 Å². The van der Waals surface area contributed by atoms with Crippen LogP contribution in [0.3, 0.4) is 0 Å². The summed E-state index contributed by atoms with van der Waals surface area (Å²) < 4.78 is 0. The van der Waals surface area contributed by atoms with Gasteiger partial charge in [-0.2, -0.15) is 0 Å². The monoisotopic (exact) mass is 392 g/mol. The summed E-state index contributed by atoms with van der Waals surface area (Å²) in [5, 5.41) is 4.73. The van der Waals surface area contributed by atoms with Crippen LogP contribution in [0, 0.1) is 5.41 Å². The largest absolute Gasteiger partial charge is 0.370 e. The molecule has 1 spiro atoms. The van der Waals surface area contributed by atoms with E-state index in [0.717, 1.165) is 66.6 Å². The number of carbonyl (C=O) groups excluding carboxylic acids is 1. The Kier molecular flexibility index (Phi) is 4.20. The number of carbonyl (C=O) groups is 1. The van der Waals surface area contributed by atoms with Crippen LogP contribution in [0.15, 0.2) is 48.9 Å². The molecule has 142 valence electrons. The number of amides is 1. The first kappa shape index (κ1) is 17.4. The van der Waals surface area contributed by atoms with Crippen LogP contribution in [-0.4, -0.2) is 35.5 Å². The molecule has 3 aromatic rings. The number of fused-ring (bicyclic) bond motifs is 1. The molecule has 0 atom stereocenters. The van der Waals surface area contributed by atoms with Crippen LogP contribution in [0.4, 0.5) is 5.69 Å². The number of para-hydroxylation sites is 1. The summed E-state index contributed by atoms with van der Waals surface area (Å²) >= 11 is 6.64. The molecule has 0 aliphatic carbocycles. The molecule has 2 aliphatic heterocycles. The zero-order valence-electron chi connectivity index (χ0n) is 15.5. The molecular formula is C22H21ClN4O. The summed E-state index contributed by atoms with van der Waals surface area (Å²) in [7, 11) is 0. The standard InChI is InChI=1S/C22H21ClN4O/c23-18-14-24-13-17(15-5-9-25-19-4-2-1-3-16(15)19)20(18)27-11-7-22(8-12-27)6-10-26-21(22)28/h1-5,9,13-14H,6-8,10-12H2,(H,26,28). The molecule has 2 fully saturated rings. The van der Waals surface area contributed by atoms with Gasteiger partial charge in [0.25, 0.3) is 0 Å². The van der Waals surface area contributed by atoms with Gasteiger partial charge >= 0.3 is 0 Å². The summed E-state index contributed by atoms with van der Waals surface area (Å²) in [6.45, 7) is 2.42. The van der Waals surface area contributed by atoms with Crippen molar-refractivity contribution >= 4 is 34.1 Å². The van der Waals surface area contributed by atoms with Crippen molar-refractivity contribution in [3.05, 3.63) is 53.9 Å². The van der Waals surface area contributed by atoms with E-state index in [-0.39, 0.29) is 11.3 Å². The van der Waals surface area contributed by atoms with Gasteiger partial charge in [0.15, 0.2) is 0 Å². The Morgan fingerprint density at radius 3 is 2.64 bits per heavy atom. The second kappa shape index (κ2) is 6.74. The molecule has 0 bridgehead atoms. The van der Waals surface area contributed by atoms with Crippen molar-refractivity contribution in [3.63, 3.8) is 0 Å². The average Bonchev–Trinajstić information content (AvgIpc) is 3.08. The topological polar surface area (TPSA) is 58.1 Å². The number of hydrogen-bond donors (Lipinski definition) is 1. The Labute approximate surface area is 168 Å². The number of aromatic nitrogens is 2. The van der Waals surface area contributed by atoms with Crippen molar-refractivity contribution in [2.45, 2.75) is 19.3 Å². The molecule has 2 aliphatic rings. The summed E-state index contributed by atoms with van der Waals surface area (Å²) in [5.74, 6) is 0.216. The lowest BCUT2D eigenvalue weighted by Gasteiger charge is -2.39. The Morgan fingerprint density at radius 1 is 1.04 bits per heavy atom. The molecule has 4 heterocycles. The van der Waals surface area contributed by atoms with E-state index in [4.69, 9.17) is 11.6 Å². The van der Waals surface area contributed by atoms with Crippen LogP contribution in [0.25, 0.3) is 22.0 Å². The van der Waals surface area contributed by atoms with Gasteiger partial charge in [-0.15, -0.1) is 0 Å². The highest BCUT2D eigenvalue weighted by atomic mass is 35.5. The lowest BCUT2D eigenvalue weighted by atomic mass is 9.77. The first-order valence-electron chi connectivity index (χ1n) is 9.69. The lowest BCUT2D eigenvalue weighted by molar-refractivity contribution is -0.128. The molecule has 5 rings (SSSR count). The molecule has 2 saturated heterocycles. The molecule has 0 saturated carbocycles. The van der Waals surface area contributed by atoms with Crippen LogP contribution in [-0.2, 0) is 4.79 Å². The molecule has 1 N–H and O–H groups in total. The van der Waals surface area contributed by atoms with Crippen molar-refractivity contribution in [2.24, 2.45) is 5.41 Å². The van der Waals surface area contributed by atoms with E-state index in [0.29, 0.717) is 5.02 Å². The molecular weight excluding hydrogens is 372 g/mol. The fraction of sp³-hybridized carbons (Fsp3) is 0.318. The van der Waals surface area contributed by atoms with Gasteiger partial charge in [0.05, 0.1) is 21.6 Å². The zero-order chi connectivity index (χ0) is 19.1. The molecule has 6 heteroatoms. The molecule has 0 unspecified atom stereocenters. The van der Waals surface area contributed by atoms with Gasteiger partial charge in [-0.05, 0) is 37.0 Å². The van der Waals surface area contributed by atoms with E-state index in [1.54, 1.807) is 6.20 Å². The molecule has 0 radical (unpaired) electrons. The van der Waals surface area contributed by atoms with E-state index in [1.807, 2.05) is 36.7 Å². The first-order valence-corrected chi connectivity index (χ1v) is 10.1. The quantitative estimate of drug-likeness (QED) is 0.714. The molecule has 1 amide bonds. The van der Waals surface area contributed by atoms with E-state index in [2.05, 4.69) is 26.3 Å². The van der Waals surface area contributed by atoms with Crippen molar-refractivity contribution in [2.75, 3.05) is 24.5 Å². The minimum atomic E-state index is -0.195. The number of anilines is 1. The number of benzene rings is 1. The van der Waals surface area contributed by atoms with Crippen LogP contribution < -0.4 is 10.2 Å². The van der Waals surface area contributed by atoms with Crippen LogP contribution in [0.5, 0.6) is 0 Å². The van der Waals surface area contributed by atoms with E-state index >= 15 is 0 Å². The van der Waals surface area contributed by atoms with Gasteiger partial charge in [0, 0.05) is 49.2 Å². The summed E-state index contributed by atoms with van der Waals surface area (Å²) in [5.41, 5.74) is 3.85. The number of nitrogens with one attached hydrogen (secondary N) is 1. The Hall–Kier alpha value is -2.66. The predicted octanol–water partition coefficient (Wildman–Crippen LogP) is 4.06. The van der Waals surface area contributed by atoms with Crippen molar-refractivity contribution < 1.29 is 4.79 Å². The lowest BCUT2D eigenvalue weighted by Crippen LogP contribution is -2.44. The SMILES string of the molecule is O=C1NCCC12CCN(c1c(Cl)cncc1-c1ccnc3ccccc13)CC2. The third kappa shape index (κ3) is 2.73. The maximum absolute atomic E-state index is 12.3. The Balaban J connectivity index is 1.56. The van der Waals surface area contributed by atoms with Crippen LogP contribution in [0.2, 0.25) is 5.02 Å². The number of rotatable bonds is 2. The Bertz CT molecular complexity index is 1050. The summed E-state index contributed by atoms with van der Waals surface area (Å²) in [6.07, 6.45) is 8.07. The molecule has 28 heavy (non-hydrogen) atoms. The van der Waals surface area contributed by atoms with Gasteiger partial charge < -0.3 is 10.2 Å². The fourth-order valence-electron chi connectivity index (χ4n) is 4.63. The normalized spacial score (nSPS) is 18.6. The average molecular weight is 393 g/mol. The minimum Gasteiger partial charge on any atom is -0.370 e. The van der Waals surface area contributed by atoms with Gasteiger partial charge in [-0.3, -0.25) is 14.8 Å². The summed E-state index contributed by atoms with van der Waals surface area (Å²) in [4.78, 5) is 23.5. The zero-order valence-corrected chi connectivity index (χ0v) is 16.2. The molecule has 1 aromatic carbocycles. The van der Waals surface area contributed by atoms with Crippen molar-refractivity contribution in [3.8, 4) is 11.1 Å². The van der Waals surface area contributed by atoms with Crippen LogP contribution in [0.1, 0.15) is 19.3 Å². The second-order valence-corrected chi connectivity index (χ2v) is 8.07. The van der Waals surface area contributed by atoms with Gasteiger partial charge in [0.1, 0.15) is 0 Å². The summed E-state index contributed by atoms with van der Waals surface area (Å²) in [6, 6.07) is 10.1. The van der Waals surface area contributed by atoms with E-state index < -0.39 is 0 Å². The number of halogens is 1. The molecule has 2 aromatic heterocycles. The van der Waals surface area contributed by atoms with Gasteiger partial charge in [0.2, 0.25) is 5.91 Å².